The highest BCUT2D eigenvalue weighted by atomic mass is 32.2. The van der Waals surface area contributed by atoms with E-state index in [-0.39, 0.29) is 5.91 Å². The summed E-state index contributed by atoms with van der Waals surface area (Å²) in [5.41, 5.74) is 1.36. The molecule has 0 radical (unpaired) electrons. The van der Waals surface area contributed by atoms with Crippen LogP contribution in [0.2, 0.25) is 0 Å². The normalized spacial score (nSPS) is 10.2. The summed E-state index contributed by atoms with van der Waals surface area (Å²) in [4.78, 5) is 13.5. The van der Waals surface area contributed by atoms with E-state index in [2.05, 4.69) is 5.32 Å². The van der Waals surface area contributed by atoms with Crippen molar-refractivity contribution in [3.63, 3.8) is 0 Å². The van der Waals surface area contributed by atoms with Crippen LogP contribution in [-0.2, 0) is 0 Å². The second-order valence-electron chi connectivity index (χ2n) is 5.10. The van der Waals surface area contributed by atoms with Crippen LogP contribution in [0.3, 0.4) is 0 Å². The molecule has 3 aromatic rings. The summed E-state index contributed by atoms with van der Waals surface area (Å²) < 4.78 is 5.78. The number of rotatable bonds is 5. The number of para-hydroxylation sites is 2. The maximum atomic E-state index is 12.5. The van der Waals surface area contributed by atoms with Gasteiger partial charge in [0.25, 0.3) is 5.91 Å². The standard InChI is InChI=1S/C20H17NO2S/c1-24-19-13-6-5-12-18(19)21-20(22)15-8-7-11-17(14-15)23-16-9-3-2-4-10-16/h2-14H,1H3,(H,21,22). The number of hydrogen-bond donors (Lipinski definition) is 1. The molecule has 1 amide bonds. The molecule has 4 heteroatoms. The lowest BCUT2D eigenvalue weighted by molar-refractivity contribution is 0.102. The number of amides is 1. The van der Waals surface area contributed by atoms with Crippen molar-refractivity contribution < 1.29 is 9.53 Å². The Morgan fingerprint density at radius 1 is 0.875 bits per heavy atom. The van der Waals surface area contributed by atoms with Crippen LogP contribution in [0.1, 0.15) is 10.4 Å². The Labute approximate surface area is 145 Å². The molecule has 0 saturated carbocycles. The van der Waals surface area contributed by atoms with Crippen molar-refractivity contribution in [3.8, 4) is 11.5 Å². The number of anilines is 1. The van der Waals surface area contributed by atoms with Gasteiger partial charge in [0.05, 0.1) is 5.69 Å². The third-order valence-corrected chi connectivity index (χ3v) is 4.23. The molecule has 3 aromatic carbocycles. The van der Waals surface area contributed by atoms with Gasteiger partial charge in [-0.15, -0.1) is 11.8 Å². The monoisotopic (exact) mass is 335 g/mol. The minimum atomic E-state index is -0.157. The van der Waals surface area contributed by atoms with E-state index in [1.54, 1.807) is 23.9 Å². The number of benzene rings is 3. The Hall–Kier alpha value is -2.72. The van der Waals surface area contributed by atoms with Gasteiger partial charge in [-0.2, -0.15) is 0 Å². The van der Waals surface area contributed by atoms with Crippen molar-refractivity contribution >= 4 is 23.4 Å². The molecule has 0 bridgehead atoms. The molecule has 120 valence electrons. The highest BCUT2D eigenvalue weighted by molar-refractivity contribution is 7.98. The van der Waals surface area contributed by atoms with Crippen LogP contribution in [0.25, 0.3) is 0 Å². The van der Waals surface area contributed by atoms with Crippen molar-refractivity contribution in [2.75, 3.05) is 11.6 Å². The lowest BCUT2D eigenvalue weighted by Crippen LogP contribution is -2.12. The van der Waals surface area contributed by atoms with E-state index in [0.29, 0.717) is 11.3 Å². The SMILES string of the molecule is CSc1ccccc1NC(=O)c1cccc(Oc2ccccc2)c1. The molecule has 1 N–H and O–H groups in total. The molecule has 24 heavy (non-hydrogen) atoms. The Balaban J connectivity index is 1.77. The highest BCUT2D eigenvalue weighted by Gasteiger charge is 2.10. The van der Waals surface area contributed by atoms with Gasteiger partial charge in [-0.05, 0) is 48.7 Å². The molecule has 0 saturated heterocycles. The Bertz CT molecular complexity index is 834. The van der Waals surface area contributed by atoms with Gasteiger partial charge in [0.15, 0.2) is 0 Å². The smallest absolute Gasteiger partial charge is 0.255 e. The van der Waals surface area contributed by atoms with E-state index in [4.69, 9.17) is 4.74 Å². The number of carbonyl (C=O) groups is 1. The topological polar surface area (TPSA) is 38.3 Å². The largest absolute Gasteiger partial charge is 0.457 e. The molecule has 0 spiro atoms. The molecule has 0 fully saturated rings. The van der Waals surface area contributed by atoms with Crippen LogP contribution in [0.5, 0.6) is 11.5 Å². The zero-order valence-corrected chi connectivity index (χ0v) is 14.0. The lowest BCUT2D eigenvalue weighted by Gasteiger charge is -2.10. The summed E-state index contributed by atoms with van der Waals surface area (Å²) >= 11 is 1.60. The van der Waals surface area contributed by atoms with Crippen LogP contribution in [0, 0.1) is 0 Å². The molecule has 3 rings (SSSR count). The molecule has 0 heterocycles. The summed E-state index contributed by atoms with van der Waals surface area (Å²) in [6.07, 6.45) is 1.99. The zero-order valence-electron chi connectivity index (χ0n) is 13.2. The first-order valence-electron chi connectivity index (χ1n) is 7.53. The van der Waals surface area contributed by atoms with Gasteiger partial charge >= 0.3 is 0 Å². The molecule has 0 atom stereocenters. The molecule has 3 nitrogen and oxygen atoms in total. The first-order chi connectivity index (χ1) is 11.8. The maximum absolute atomic E-state index is 12.5. The lowest BCUT2D eigenvalue weighted by atomic mass is 10.2. The fraction of sp³-hybridized carbons (Fsp3) is 0.0500. The maximum Gasteiger partial charge on any atom is 0.255 e. The Kier molecular flexibility index (Phi) is 5.18. The fourth-order valence-corrected chi connectivity index (χ4v) is 2.82. The molecular formula is C20H17NO2S. The van der Waals surface area contributed by atoms with Gasteiger partial charge < -0.3 is 10.1 Å². The number of nitrogens with one attached hydrogen (secondary N) is 1. The van der Waals surface area contributed by atoms with E-state index < -0.39 is 0 Å². The predicted molar refractivity (Wildman–Crippen MR) is 99.1 cm³/mol. The minimum absolute atomic E-state index is 0.157. The van der Waals surface area contributed by atoms with Gasteiger partial charge in [-0.3, -0.25) is 4.79 Å². The van der Waals surface area contributed by atoms with Crippen LogP contribution in [0.15, 0.2) is 83.8 Å². The Morgan fingerprint density at radius 2 is 1.58 bits per heavy atom. The van der Waals surface area contributed by atoms with E-state index >= 15 is 0 Å². The van der Waals surface area contributed by atoms with Gasteiger partial charge in [0.2, 0.25) is 0 Å². The van der Waals surface area contributed by atoms with Crippen molar-refractivity contribution in [2.24, 2.45) is 0 Å². The molecule has 0 aromatic heterocycles. The summed E-state index contributed by atoms with van der Waals surface area (Å²) in [7, 11) is 0. The average molecular weight is 335 g/mol. The zero-order chi connectivity index (χ0) is 16.8. The highest BCUT2D eigenvalue weighted by Crippen LogP contribution is 2.26. The molecule has 0 aliphatic rings. The predicted octanol–water partition coefficient (Wildman–Crippen LogP) is 5.45. The van der Waals surface area contributed by atoms with Crippen LogP contribution in [0.4, 0.5) is 5.69 Å². The van der Waals surface area contributed by atoms with Crippen LogP contribution >= 0.6 is 11.8 Å². The van der Waals surface area contributed by atoms with Crippen LogP contribution < -0.4 is 10.1 Å². The quantitative estimate of drug-likeness (QED) is 0.630. The van der Waals surface area contributed by atoms with E-state index in [1.807, 2.05) is 73.0 Å². The summed E-state index contributed by atoms with van der Waals surface area (Å²) in [5, 5.41) is 2.95. The third-order valence-electron chi connectivity index (χ3n) is 3.43. The number of carbonyl (C=O) groups excluding carboxylic acids is 1. The summed E-state index contributed by atoms with van der Waals surface area (Å²) in [6.45, 7) is 0. The molecule has 0 aliphatic heterocycles. The van der Waals surface area contributed by atoms with E-state index in [9.17, 15) is 4.79 Å². The number of ether oxygens (including phenoxy) is 1. The molecular weight excluding hydrogens is 318 g/mol. The minimum Gasteiger partial charge on any atom is -0.457 e. The van der Waals surface area contributed by atoms with Gasteiger partial charge in [-0.1, -0.05) is 36.4 Å². The number of thioether (sulfide) groups is 1. The summed E-state index contributed by atoms with van der Waals surface area (Å²) in [6, 6.07) is 24.4. The molecule has 0 unspecified atom stereocenters. The first kappa shape index (κ1) is 16.1. The van der Waals surface area contributed by atoms with Gasteiger partial charge in [0.1, 0.15) is 11.5 Å². The second-order valence-corrected chi connectivity index (χ2v) is 5.95. The van der Waals surface area contributed by atoms with Gasteiger partial charge in [-0.25, -0.2) is 0 Å². The fourth-order valence-electron chi connectivity index (χ4n) is 2.27. The van der Waals surface area contributed by atoms with Gasteiger partial charge in [0, 0.05) is 10.5 Å². The first-order valence-corrected chi connectivity index (χ1v) is 8.76. The number of hydrogen-bond acceptors (Lipinski definition) is 3. The van der Waals surface area contributed by atoms with Crippen molar-refractivity contribution in [1.29, 1.82) is 0 Å². The summed E-state index contributed by atoms with van der Waals surface area (Å²) in [5.74, 6) is 1.21. The van der Waals surface area contributed by atoms with Crippen molar-refractivity contribution in [1.82, 2.24) is 0 Å². The van der Waals surface area contributed by atoms with Crippen molar-refractivity contribution in [3.05, 3.63) is 84.4 Å². The Morgan fingerprint density at radius 3 is 2.38 bits per heavy atom. The van der Waals surface area contributed by atoms with E-state index in [1.165, 1.54) is 0 Å². The van der Waals surface area contributed by atoms with Crippen LogP contribution in [-0.4, -0.2) is 12.2 Å². The van der Waals surface area contributed by atoms with E-state index in [0.717, 1.165) is 16.3 Å². The van der Waals surface area contributed by atoms with Crippen molar-refractivity contribution in [2.45, 2.75) is 4.90 Å². The second kappa shape index (κ2) is 7.70. The molecule has 0 aliphatic carbocycles. The third kappa shape index (κ3) is 3.97. The average Bonchev–Trinajstić information content (AvgIpc) is 2.63.